The van der Waals surface area contributed by atoms with Gasteiger partial charge in [0.2, 0.25) is 0 Å². The van der Waals surface area contributed by atoms with Gasteiger partial charge in [0.1, 0.15) is 5.82 Å². The summed E-state index contributed by atoms with van der Waals surface area (Å²) in [6.45, 7) is 0.482. The third-order valence-corrected chi connectivity index (χ3v) is 3.83. The molecule has 0 saturated carbocycles. The molecule has 0 radical (unpaired) electrons. The molecule has 3 rings (SSSR count). The highest BCUT2D eigenvalue weighted by Crippen LogP contribution is 2.23. The van der Waals surface area contributed by atoms with Crippen molar-refractivity contribution in [2.45, 2.75) is 13.0 Å². The third-order valence-electron chi connectivity index (χ3n) is 3.83. The fourth-order valence-electron chi connectivity index (χ4n) is 2.53. The molecule has 0 aliphatic heterocycles. The lowest BCUT2D eigenvalue weighted by Gasteiger charge is -1.99. The molecule has 0 aliphatic rings. The number of carbonyl (C=O) groups excluding carboxylic acids is 1. The standard InChI is InChI=1S/C21H16FN3O/c22-19-10-7-16(8-11-19)20(26)12-9-18-15-25(14-4-13-23)24-21(18)17-5-2-1-3-6-17/h1-3,5-12,15H,4,14H2/b12-9+. The summed E-state index contributed by atoms with van der Waals surface area (Å²) in [7, 11) is 0. The molecule has 5 heteroatoms. The summed E-state index contributed by atoms with van der Waals surface area (Å²) in [6.07, 6.45) is 5.32. The zero-order valence-corrected chi connectivity index (χ0v) is 14.0. The molecule has 1 heterocycles. The van der Waals surface area contributed by atoms with Gasteiger partial charge in [0.15, 0.2) is 5.78 Å². The van der Waals surface area contributed by atoms with Gasteiger partial charge < -0.3 is 0 Å². The minimum atomic E-state index is -0.379. The van der Waals surface area contributed by atoms with E-state index in [1.807, 2.05) is 36.5 Å². The predicted octanol–water partition coefficient (Wildman–Crippen LogP) is 4.50. The number of ketones is 1. The van der Waals surface area contributed by atoms with Gasteiger partial charge in [-0.1, -0.05) is 30.3 Å². The van der Waals surface area contributed by atoms with Crippen LogP contribution in [0.1, 0.15) is 22.3 Å². The van der Waals surface area contributed by atoms with Crippen LogP contribution in [0, 0.1) is 17.1 Å². The van der Waals surface area contributed by atoms with Crippen LogP contribution in [0.5, 0.6) is 0 Å². The van der Waals surface area contributed by atoms with Crippen molar-refractivity contribution in [3.05, 3.63) is 83.8 Å². The number of allylic oxidation sites excluding steroid dienone is 1. The van der Waals surface area contributed by atoms with Gasteiger partial charge in [0, 0.05) is 22.9 Å². The van der Waals surface area contributed by atoms with Gasteiger partial charge in [0.05, 0.1) is 24.7 Å². The van der Waals surface area contributed by atoms with E-state index in [-0.39, 0.29) is 11.6 Å². The summed E-state index contributed by atoms with van der Waals surface area (Å²) in [4.78, 5) is 12.3. The molecule has 0 spiro atoms. The van der Waals surface area contributed by atoms with Crippen molar-refractivity contribution in [2.24, 2.45) is 0 Å². The van der Waals surface area contributed by atoms with Crippen LogP contribution in [-0.4, -0.2) is 15.6 Å². The molecule has 0 N–H and O–H groups in total. The van der Waals surface area contributed by atoms with Gasteiger partial charge in [-0.2, -0.15) is 10.4 Å². The zero-order valence-electron chi connectivity index (χ0n) is 14.0. The summed E-state index contributed by atoms with van der Waals surface area (Å²) in [5.41, 5.74) is 2.87. The van der Waals surface area contributed by atoms with Crippen molar-refractivity contribution in [1.82, 2.24) is 9.78 Å². The second kappa shape index (κ2) is 8.04. The fourth-order valence-corrected chi connectivity index (χ4v) is 2.53. The van der Waals surface area contributed by atoms with Crippen LogP contribution in [0.25, 0.3) is 17.3 Å². The molecule has 0 atom stereocenters. The van der Waals surface area contributed by atoms with E-state index in [1.54, 1.807) is 10.8 Å². The largest absolute Gasteiger partial charge is 0.289 e. The first-order valence-electron chi connectivity index (χ1n) is 8.15. The summed E-state index contributed by atoms with van der Waals surface area (Å²) in [6, 6.07) is 17.2. The number of rotatable bonds is 6. The first-order valence-corrected chi connectivity index (χ1v) is 8.15. The number of carbonyl (C=O) groups is 1. The Morgan fingerprint density at radius 3 is 2.58 bits per heavy atom. The molecule has 3 aromatic rings. The van der Waals surface area contributed by atoms with E-state index in [0.29, 0.717) is 18.5 Å². The van der Waals surface area contributed by atoms with Gasteiger partial charge in [-0.05, 0) is 36.4 Å². The van der Waals surface area contributed by atoms with Crippen LogP contribution in [0.15, 0.2) is 66.9 Å². The first kappa shape index (κ1) is 17.3. The molecule has 0 amide bonds. The average molecular weight is 345 g/mol. The maximum atomic E-state index is 13.0. The van der Waals surface area contributed by atoms with E-state index in [9.17, 15) is 9.18 Å². The second-order valence-electron chi connectivity index (χ2n) is 5.67. The number of hydrogen-bond donors (Lipinski definition) is 0. The molecule has 26 heavy (non-hydrogen) atoms. The quantitative estimate of drug-likeness (QED) is 0.488. The Bertz CT molecular complexity index is 967. The van der Waals surface area contributed by atoms with Gasteiger partial charge in [-0.15, -0.1) is 0 Å². The van der Waals surface area contributed by atoms with E-state index in [0.717, 1.165) is 16.8 Å². The van der Waals surface area contributed by atoms with Crippen LogP contribution in [0.2, 0.25) is 0 Å². The lowest BCUT2D eigenvalue weighted by atomic mass is 10.1. The van der Waals surface area contributed by atoms with Gasteiger partial charge in [0.25, 0.3) is 0 Å². The summed E-state index contributed by atoms with van der Waals surface area (Å²) in [5, 5.41) is 13.3. The Kier molecular flexibility index (Phi) is 5.35. The topological polar surface area (TPSA) is 58.7 Å². The average Bonchev–Trinajstić information content (AvgIpc) is 3.09. The van der Waals surface area contributed by atoms with E-state index < -0.39 is 0 Å². The summed E-state index contributed by atoms with van der Waals surface area (Å²) >= 11 is 0. The van der Waals surface area contributed by atoms with E-state index in [4.69, 9.17) is 5.26 Å². The van der Waals surface area contributed by atoms with Gasteiger partial charge in [-0.3, -0.25) is 9.48 Å². The number of hydrogen-bond acceptors (Lipinski definition) is 3. The number of nitriles is 1. The molecule has 0 saturated heterocycles. The Labute approximate surface area is 150 Å². The van der Waals surface area contributed by atoms with Gasteiger partial charge in [-0.25, -0.2) is 4.39 Å². The zero-order chi connectivity index (χ0) is 18.4. The highest BCUT2D eigenvalue weighted by Gasteiger charge is 2.10. The number of benzene rings is 2. The molecular formula is C21H16FN3O. The lowest BCUT2D eigenvalue weighted by molar-refractivity contribution is 0.104. The fraction of sp³-hybridized carbons (Fsp3) is 0.0952. The molecule has 0 aliphatic carbocycles. The molecule has 128 valence electrons. The van der Waals surface area contributed by atoms with E-state index in [1.165, 1.54) is 30.3 Å². The van der Waals surface area contributed by atoms with Gasteiger partial charge >= 0.3 is 0 Å². The Balaban J connectivity index is 1.90. The van der Waals surface area contributed by atoms with Crippen LogP contribution in [0.3, 0.4) is 0 Å². The number of aromatic nitrogens is 2. The molecule has 1 aromatic heterocycles. The maximum Gasteiger partial charge on any atom is 0.185 e. The normalized spacial score (nSPS) is 10.8. The molecule has 4 nitrogen and oxygen atoms in total. The predicted molar refractivity (Wildman–Crippen MR) is 97.7 cm³/mol. The third kappa shape index (κ3) is 4.11. The smallest absolute Gasteiger partial charge is 0.185 e. The number of nitrogens with zero attached hydrogens (tertiary/aromatic N) is 3. The minimum Gasteiger partial charge on any atom is -0.289 e. The minimum absolute atomic E-state index is 0.214. The maximum absolute atomic E-state index is 13.0. The van der Waals surface area contributed by atoms with Crippen molar-refractivity contribution in [3.8, 4) is 17.3 Å². The Morgan fingerprint density at radius 2 is 1.88 bits per heavy atom. The van der Waals surface area contributed by atoms with Crippen LogP contribution in [-0.2, 0) is 6.54 Å². The van der Waals surface area contributed by atoms with Crippen molar-refractivity contribution in [1.29, 1.82) is 5.26 Å². The molecule has 0 bridgehead atoms. The summed E-state index contributed by atoms with van der Waals surface area (Å²) in [5.74, 6) is -0.593. The molecular weight excluding hydrogens is 329 g/mol. The van der Waals surface area contributed by atoms with Crippen LogP contribution >= 0.6 is 0 Å². The van der Waals surface area contributed by atoms with Crippen LogP contribution in [0.4, 0.5) is 4.39 Å². The van der Waals surface area contributed by atoms with Crippen molar-refractivity contribution < 1.29 is 9.18 Å². The first-order chi connectivity index (χ1) is 12.7. The SMILES string of the molecule is N#CCCn1cc(/C=C/C(=O)c2ccc(F)cc2)c(-c2ccccc2)n1. The number of aryl methyl sites for hydroxylation is 1. The highest BCUT2D eigenvalue weighted by atomic mass is 19.1. The molecule has 2 aromatic carbocycles. The number of halogens is 1. The highest BCUT2D eigenvalue weighted by molar-refractivity contribution is 6.07. The second-order valence-corrected chi connectivity index (χ2v) is 5.67. The van der Waals surface area contributed by atoms with Crippen molar-refractivity contribution >= 4 is 11.9 Å². The van der Waals surface area contributed by atoms with E-state index in [2.05, 4.69) is 11.2 Å². The molecule has 0 fully saturated rings. The summed E-state index contributed by atoms with van der Waals surface area (Å²) < 4.78 is 14.7. The monoisotopic (exact) mass is 345 g/mol. The van der Waals surface area contributed by atoms with E-state index >= 15 is 0 Å². The molecule has 0 unspecified atom stereocenters. The van der Waals surface area contributed by atoms with Crippen LogP contribution < -0.4 is 0 Å². The Morgan fingerprint density at radius 1 is 1.15 bits per heavy atom. The van der Waals surface area contributed by atoms with Crippen molar-refractivity contribution in [2.75, 3.05) is 0 Å². The lowest BCUT2D eigenvalue weighted by Crippen LogP contribution is -1.97. The van der Waals surface area contributed by atoms with Crippen molar-refractivity contribution in [3.63, 3.8) is 0 Å². The Hall–Kier alpha value is -3.52.